The minimum absolute atomic E-state index is 0.103. The number of carbonyl (C=O) groups is 2. The van der Waals surface area contributed by atoms with E-state index >= 15 is 0 Å². The molecule has 1 fully saturated rings. The lowest BCUT2D eigenvalue weighted by atomic mass is 10.1. The predicted molar refractivity (Wildman–Crippen MR) is 138 cm³/mol. The highest BCUT2D eigenvalue weighted by Gasteiger charge is 2.35. The molecule has 4 aromatic rings. The summed E-state index contributed by atoms with van der Waals surface area (Å²) in [7, 11) is 0. The molecule has 0 saturated carbocycles. The SMILES string of the molecule is O=C1S/C(=C\c2cn(Cc3ccc(Cl)cc3)c3ccc(Br)cc23)C(=O)N1Cc1ccc(F)cc1. The van der Waals surface area contributed by atoms with Crippen molar-refractivity contribution in [2.24, 2.45) is 0 Å². The standard InChI is InChI=1S/C26H17BrClFN2O2S/c27-19-5-10-23-22(12-19)18(15-30(23)13-16-1-6-20(28)7-2-16)11-24-25(32)31(26(33)34-24)14-17-3-8-21(29)9-4-17/h1-12,15H,13-14H2/b24-11-. The molecule has 4 nitrogen and oxygen atoms in total. The molecule has 34 heavy (non-hydrogen) atoms. The Morgan fingerprint density at radius 2 is 1.62 bits per heavy atom. The Bertz CT molecular complexity index is 1450. The molecule has 8 heteroatoms. The molecule has 1 aromatic heterocycles. The van der Waals surface area contributed by atoms with Gasteiger partial charge in [0.2, 0.25) is 0 Å². The van der Waals surface area contributed by atoms with Gasteiger partial charge in [0, 0.05) is 38.7 Å². The maximum atomic E-state index is 13.2. The summed E-state index contributed by atoms with van der Waals surface area (Å²) < 4.78 is 16.2. The van der Waals surface area contributed by atoms with E-state index in [2.05, 4.69) is 20.5 Å². The van der Waals surface area contributed by atoms with Crippen LogP contribution in [-0.2, 0) is 17.9 Å². The fourth-order valence-electron chi connectivity index (χ4n) is 3.88. The zero-order chi connectivity index (χ0) is 23.8. The third-order valence-corrected chi connectivity index (χ3v) is 7.21. The van der Waals surface area contributed by atoms with Crippen LogP contribution in [0, 0.1) is 5.82 Å². The fourth-order valence-corrected chi connectivity index (χ4v) is 5.20. The Morgan fingerprint density at radius 3 is 2.35 bits per heavy atom. The molecule has 2 amide bonds. The van der Waals surface area contributed by atoms with Crippen molar-refractivity contribution >= 4 is 67.4 Å². The highest BCUT2D eigenvalue weighted by molar-refractivity contribution is 9.10. The van der Waals surface area contributed by atoms with Gasteiger partial charge in [-0.1, -0.05) is 51.8 Å². The summed E-state index contributed by atoms with van der Waals surface area (Å²) in [5.41, 5.74) is 3.64. The molecule has 1 aliphatic heterocycles. The zero-order valence-corrected chi connectivity index (χ0v) is 20.8. The Kier molecular flexibility index (Phi) is 6.34. The molecular weight excluding hydrogens is 539 g/mol. The average molecular weight is 556 g/mol. The number of amides is 2. The summed E-state index contributed by atoms with van der Waals surface area (Å²) >= 11 is 10.5. The normalized spacial score (nSPS) is 15.1. The molecule has 2 heterocycles. The molecule has 1 aliphatic rings. The van der Waals surface area contributed by atoms with Crippen LogP contribution in [0.25, 0.3) is 17.0 Å². The third kappa shape index (κ3) is 4.69. The van der Waals surface area contributed by atoms with E-state index in [1.165, 1.54) is 17.0 Å². The topological polar surface area (TPSA) is 42.3 Å². The van der Waals surface area contributed by atoms with E-state index < -0.39 is 0 Å². The Balaban J connectivity index is 1.47. The number of rotatable bonds is 5. The monoisotopic (exact) mass is 554 g/mol. The second-order valence-electron chi connectivity index (χ2n) is 7.89. The Morgan fingerprint density at radius 1 is 0.941 bits per heavy atom. The first-order chi connectivity index (χ1) is 16.4. The molecule has 0 bridgehead atoms. The van der Waals surface area contributed by atoms with Crippen LogP contribution < -0.4 is 0 Å². The number of halogens is 3. The van der Waals surface area contributed by atoms with Gasteiger partial charge in [0.15, 0.2) is 0 Å². The third-order valence-electron chi connectivity index (χ3n) is 5.55. The van der Waals surface area contributed by atoms with Crippen molar-refractivity contribution < 1.29 is 14.0 Å². The van der Waals surface area contributed by atoms with Gasteiger partial charge in [0.05, 0.1) is 11.4 Å². The molecule has 1 saturated heterocycles. The minimum Gasteiger partial charge on any atom is -0.342 e. The van der Waals surface area contributed by atoms with Crippen molar-refractivity contribution in [3.8, 4) is 0 Å². The first-order valence-electron chi connectivity index (χ1n) is 10.4. The van der Waals surface area contributed by atoms with Crippen molar-refractivity contribution in [2.75, 3.05) is 0 Å². The number of hydrogen-bond donors (Lipinski definition) is 0. The van der Waals surface area contributed by atoms with Gasteiger partial charge in [-0.2, -0.15) is 0 Å². The highest BCUT2D eigenvalue weighted by Crippen LogP contribution is 2.35. The first-order valence-corrected chi connectivity index (χ1v) is 12.4. The summed E-state index contributed by atoms with van der Waals surface area (Å²) in [5.74, 6) is -0.716. The van der Waals surface area contributed by atoms with Crippen LogP contribution in [0.5, 0.6) is 0 Å². The minimum atomic E-state index is -0.362. The van der Waals surface area contributed by atoms with Gasteiger partial charge in [-0.15, -0.1) is 0 Å². The van der Waals surface area contributed by atoms with Gasteiger partial charge in [0.1, 0.15) is 5.82 Å². The van der Waals surface area contributed by atoms with Gasteiger partial charge < -0.3 is 4.57 Å². The van der Waals surface area contributed by atoms with Gasteiger partial charge in [-0.25, -0.2) is 4.39 Å². The number of carbonyl (C=O) groups excluding carboxylic acids is 2. The van der Waals surface area contributed by atoms with E-state index in [0.717, 1.165) is 38.3 Å². The first kappa shape index (κ1) is 22.9. The molecule has 0 radical (unpaired) electrons. The lowest BCUT2D eigenvalue weighted by Crippen LogP contribution is -2.27. The summed E-state index contributed by atoms with van der Waals surface area (Å²) in [6, 6.07) is 19.5. The number of hydrogen-bond acceptors (Lipinski definition) is 3. The summed E-state index contributed by atoms with van der Waals surface area (Å²) in [4.78, 5) is 27.2. The molecule has 170 valence electrons. The van der Waals surface area contributed by atoms with Gasteiger partial charge in [-0.3, -0.25) is 14.5 Å². The Labute approximate surface area is 213 Å². The summed E-state index contributed by atoms with van der Waals surface area (Å²) in [6.07, 6.45) is 3.75. The second-order valence-corrected chi connectivity index (χ2v) is 10.2. The molecular formula is C26H17BrClFN2O2S. The van der Waals surface area contributed by atoms with Gasteiger partial charge in [0.25, 0.3) is 11.1 Å². The number of fused-ring (bicyclic) bond motifs is 1. The van der Waals surface area contributed by atoms with Crippen LogP contribution in [0.4, 0.5) is 9.18 Å². The molecule has 0 atom stereocenters. The molecule has 0 aliphatic carbocycles. The molecule has 0 unspecified atom stereocenters. The number of imide groups is 1. The summed E-state index contributed by atoms with van der Waals surface area (Å²) in [5, 5.41) is 1.31. The fraction of sp³-hybridized carbons (Fsp3) is 0.0769. The lowest BCUT2D eigenvalue weighted by molar-refractivity contribution is -0.123. The van der Waals surface area contributed by atoms with E-state index in [9.17, 15) is 14.0 Å². The molecule has 0 N–H and O–H groups in total. The number of aromatic nitrogens is 1. The van der Waals surface area contributed by atoms with E-state index in [1.54, 1.807) is 18.2 Å². The molecule has 5 rings (SSSR count). The maximum absolute atomic E-state index is 13.2. The van der Waals surface area contributed by atoms with Crippen LogP contribution in [0.1, 0.15) is 16.7 Å². The largest absolute Gasteiger partial charge is 0.342 e. The van der Waals surface area contributed by atoms with Crippen molar-refractivity contribution in [2.45, 2.75) is 13.1 Å². The smallest absolute Gasteiger partial charge is 0.293 e. The van der Waals surface area contributed by atoms with E-state index in [1.807, 2.05) is 48.7 Å². The average Bonchev–Trinajstić information content (AvgIpc) is 3.28. The molecule has 0 spiro atoms. The highest BCUT2D eigenvalue weighted by atomic mass is 79.9. The number of benzene rings is 3. The number of thioether (sulfide) groups is 1. The molecule has 3 aromatic carbocycles. The van der Waals surface area contributed by atoms with Crippen molar-refractivity contribution in [1.82, 2.24) is 9.47 Å². The zero-order valence-electron chi connectivity index (χ0n) is 17.7. The second kappa shape index (κ2) is 9.41. The van der Waals surface area contributed by atoms with Gasteiger partial charge >= 0.3 is 0 Å². The van der Waals surface area contributed by atoms with Crippen molar-refractivity contribution in [1.29, 1.82) is 0 Å². The van der Waals surface area contributed by atoms with E-state index in [4.69, 9.17) is 11.6 Å². The van der Waals surface area contributed by atoms with Crippen molar-refractivity contribution in [3.05, 3.63) is 110 Å². The van der Waals surface area contributed by atoms with Crippen LogP contribution in [0.15, 0.2) is 82.3 Å². The predicted octanol–water partition coefficient (Wildman–Crippen LogP) is 7.48. The van der Waals surface area contributed by atoms with Crippen LogP contribution >= 0.6 is 39.3 Å². The summed E-state index contributed by atoms with van der Waals surface area (Å²) in [6.45, 7) is 0.737. The lowest BCUT2D eigenvalue weighted by Gasteiger charge is -2.12. The van der Waals surface area contributed by atoms with Crippen LogP contribution in [0.2, 0.25) is 5.02 Å². The number of nitrogens with zero attached hydrogens (tertiary/aromatic N) is 2. The maximum Gasteiger partial charge on any atom is 0.293 e. The van der Waals surface area contributed by atoms with Crippen LogP contribution in [-0.4, -0.2) is 20.6 Å². The van der Waals surface area contributed by atoms with Crippen molar-refractivity contribution in [3.63, 3.8) is 0 Å². The van der Waals surface area contributed by atoms with Crippen LogP contribution in [0.3, 0.4) is 0 Å². The van der Waals surface area contributed by atoms with E-state index in [0.29, 0.717) is 22.0 Å². The van der Waals surface area contributed by atoms with E-state index in [-0.39, 0.29) is 23.5 Å². The Hall–Kier alpha value is -2.87. The quantitative estimate of drug-likeness (QED) is 0.240. The van der Waals surface area contributed by atoms with Gasteiger partial charge in [-0.05, 0) is 71.4 Å².